The van der Waals surface area contributed by atoms with E-state index >= 15 is 0 Å². The molecule has 5 heteroatoms. The molecule has 2 aliphatic heterocycles. The Kier molecular flexibility index (Phi) is 7.26. The van der Waals surface area contributed by atoms with E-state index in [0.29, 0.717) is 31.8 Å². The molecule has 2 saturated heterocycles. The molecule has 5 nitrogen and oxygen atoms in total. The summed E-state index contributed by atoms with van der Waals surface area (Å²) in [5, 5.41) is 5.69. The smallest absolute Gasteiger partial charge is 0.222 e. The number of carbonyl (C=O) groups excluding carboxylic acids is 2. The van der Waals surface area contributed by atoms with E-state index in [1.54, 1.807) is 0 Å². The van der Waals surface area contributed by atoms with E-state index in [4.69, 9.17) is 4.74 Å². The fraction of sp³-hybridized carbons (Fsp3) is 0.419. The number of nitrogens with one attached hydrogen (secondary N) is 1. The molecular formula is C31H36N2O3. The van der Waals surface area contributed by atoms with Crippen molar-refractivity contribution in [3.63, 3.8) is 0 Å². The molecule has 0 spiro atoms. The Morgan fingerprint density at radius 1 is 1.08 bits per heavy atom. The lowest BCUT2D eigenvalue weighted by molar-refractivity contribution is -0.134. The van der Waals surface area contributed by atoms with Crippen molar-refractivity contribution < 1.29 is 14.3 Å². The van der Waals surface area contributed by atoms with Crippen molar-refractivity contribution in [3.05, 3.63) is 77.9 Å². The van der Waals surface area contributed by atoms with Crippen molar-refractivity contribution in [2.75, 3.05) is 19.7 Å². The van der Waals surface area contributed by atoms with Gasteiger partial charge in [-0.3, -0.25) is 9.59 Å². The number of hydrogen-bond donors (Lipinski definition) is 1. The van der Waals surface area contributed by atoms with Crippen LogP contribution in [0.15, 0.2) is 66.7 Å². The van der Waals surface area contributed by atoms with Crippen LogP contribution >= 0.6 is 0 Å². The second-order valence-electron chi connectivity index (χ2n) is 10.6. The van der Waals surface area contributed by atoms with Gasteiger partial charge in [0.05, 0.1) is 6.61 Å². The van der Waals surface area contributed by atoms with Crippen molar-refractivity contribution in [3.8, 4) is 5.75 Å². The lowest BCUT2D eigenvalue weighted by Gasteiger charge is -2.35. The summed E-state index contributed by atoms with van der Waals surface area (Å²) in [4.78, 5) is 27.6. The highest BCUT2D eigenvalue weighted by Gasteiger charge is 2.38. The first-order valence-corrected chi connectivity index (χ1v) is 13.3. The molecule has 1 N–H and O–H groups in total. The van der Waals surface area contributed by atoms with Gasteiger partial charge in [0, 0.05) is 37.4 Å². The highest BCUT2D eigenvalue weighted by atomic mass is 16.5. The first kappa shape index (κ1) is 24.4. The molecule has 36 heavy (non-hydrogen) atoms. The number of rotatable bonds is 8. The van der Waals surface area contributed by atoms with E-state index in [9.17, 15) is 9.59 Å². The Hall–Kier alpha value is -3.34. The molecule has 0 saturated carbocycles. The molecule has 0 bridgehead atoms. The highest BCUT2D eigenvalue weighted by Crippen LogP contribution is 2.33. The van der Waals surface area contributed by atoms with Crippen LogP contribution in [0.25, 0.3) is 10.8 Å². The predicted molar refractivity (Wildman–Crippen MR) is 143 cm³/mol. The fourth-order valence-electron chi connectivity index (χ4n) is 5.85. The van der Waals surface area contributed by atoms with Crippen LogP contribution in [-0.2, 0) is 16.0 Å². The van der Waals surface area contributed by atoms with E-state index in [2.05, 4.69) is 60.8 Å². The van der Waals surface area contributed by atoms with Crippen molar-refractivity contribution >= 4 is 22.6 Å². The van der Waals surface area contributed by atoms with Crippen LogP contribution in [0.1, 0.15) is 49.7 Å². The van der Waals surface area contributed by atoms with Gasteiger partial charge < -0.3 is 15.0 Å². The first-order valence-electron chi connectivity index (χ1n) is 13.3. The van der Waals surface area contributed by atoms with Crippen molar-refractivity contribution in [2.24, 2.45) is 5.92 Å². The predicted octanol–water partition coefficient (Wildman–Crippen LogP) is 5.44. The zero-order valence-electron chi connectivity index (χ0n) is 21.2. The number of likely N-dealkylation sites (tertiary alicyclic amines) is 1. The maximum atomic E-state index is 13.3. The van der Waals surface area contributed by atoms with Crippen LogP contribution in [0.4, 0.5) is 0 Å². The average Bonchev–Trinajstić information content (AvgIpc) is 3.27. The van der Waals surface area contributed by atoms with Crippen LogP contribution in [0, 0.1) is 12.8 Å². The summed E-state index contributed by atoms with van der Waals surface area (Å²) in [5.74, 6) is 1.55. The number of hydrogen-bond acceptors (Lipinski definition) is 3. The number of nitrogens with zero attached hydrogens (tertiary/aromatic N) is 1. The molecule has 2 fully saturated rings. The lowest BCUT2D eigenvalue weighted by Crippen LogP contribution is -2.46. The summed E-state index contributed by atoms with van der Waals surface area (Å²) in [5.41, 5.74) is 2.01. The summed E-state index contributed by atoms with van der Waals surface area (Å²) in [6.45, 7) is 4.24. The molecule has 2 atom stereocenters. The number of aryl methyl sites for hydroxylation is 1. The molecule has 2 aliphatic rings. The number of amides is 2. The quantitative estimate of drug-likeness (QED) is 0.463. The number of piperidine rings is 1. The molecule has 3 aromatic carbocycles. The van der Waals surface area contributed by atoms with Gasteiger partial charge >= 0.3 is 0 Å². The third kappa shape index (κ3) is 5.56. The van der Waals surface area contributed by atoms with Gasteiger partial charge in [-0.2, -0.15) is 0 Å². The van der Waals surface area contributed by atoms with Gasteiger partial charge in [0.15, 0.2) is 0 Å². The third-order valence-corrected chi connectivity index (χ3v) is 7.90. The number of fused-ring (bicyclic) bond motifs is 1. The van der Waals surface area contributed by atoms with Crippen LogP contribution in [-0.4, -0.2) is 41.9 Å². The molecule has 0 aromatic heterocycles. The average molecular weight is 485 g/mol. The minimum Gasteiger partial charge on any atom is -0.493 e. The van der Waals surface area contributed by atoms with E-state index in [-0.39, 0.29) is 17.4 Å². The summed E-state index contributed by atoms with van der Waals surface area (Å²) >= 11 is 0. The van der Waals surface area contributed by atoms with Crippen molar-refractivity contribution in [2.45, 2.75) is 57.4 Å². The van der Waals surface area contributed by atoms with Crippen LogP contribution < -0.4 is 10.1 Å². The number of para-hydroxylation sites is 1. The molecular weight excluding hydrogens is 448 g/mol. The zero-order valence-corrected chi connectivity index (χ0v) is 21.2. The van der Waals surface area contributed by atoms with Crippen LogP contribution in [0.5, 0.6) is 5.75 Å². The maximum Gasteiger partial charge on any atom is 0.222 e. The standard InChI is InChI=1S/C31H36N2O3/c1-23-8-2-5-14-28(23)36-22-24-9-7-19-33(21-24)30(35)16-18-31(17-15-29(34)32-31)20-26-12-6-11-25-10-3-4-13-27(25)26/h2-6,8,10-14,24H,7,9,15-22H2,1H3,(H,32,34)/t24-,31+/m0/s1. The number of carbonyl (C=O) groups is 2. The lowest BCUT2D eigenvalue weighted by atomic mass is 9.83. The Balaban J connectivity index is 1.21. The van der Waals surface area contributed by atoms with Crippen molar-refractivity contribution in [1.82, 2.24) is 10.2 Å². The summed E-state index contributed by atoms with van der Waals surface area (Å²) < 4.78 is 6.09. The van der Waals surface area contributed by atoms with Gasteiger partial charge in [-0.05, 0) is 67.0 Å². The van der Waals surface area contributed by atoms with Crippen LogP contribution in [0.2, 0.25) is 0 Å². The summed E-state index contributed by atoms with van der Waals surface area (Å²) in [6, 6.07) is 22.8. The SMILES string of the molecule is Cc1ccccc1OC[C@H]1CCCN(C(=O)CC[C@@]2(Cc3cccc4ccccc34)CCC(=O)N2)C1. The van der Waals surface area contributed by atoms with Gasteiger partial charge in [0.2, 0.25) is 11.8 Å². The third-order valence-electron chi connectivity index (χ3n) is 7.90. The van der Waals surface area contributed by atoms with Gasteiger partial charge in [-0.15, -0.1) is 0 Å². The summed E-state index contributed by atoms with van der Waals surface area (Å²) in [7, 11) is 0. The Morgan fingerprint density at radius 2 is 1.89 bits per heavy atom. The molecule has 188 valence electrons. The molecule has 2 amide bonds. The second-order valence-corrected chi connectivity index (χ2v) is 10.6. The molecule has 0 unspecified atom stereocenters. The minimum absolute atomic E-state index is 0.0917. The van der Waals surface area contributed by atoms with Crippen LogP contribution in [0.3, 0.4) is 0 Å². The monoisotopic (exact) mass is 484 g/mol. The first-order chi connectivity index (χ1) is 17.5. The minimum atomic E-state index is -0.361. The normalized spacial score (nSPS) is 22.0. The van der Waals surface area contributed by atoms with Gasteiger partial charge in [-0.1, -0.05) is 60.7 Å². The number of benzene rings is 3. The molecule has 5 rings (SSSR count). The molecule has 0 aliphatic carbocycles. The van der Waals surface area contributed by atoms with Crippen molar-refractivity contribution in [1.29, 1.82) is 0 Å². The fourth-order valence-corrected chi connectivity index (χ4v) is 5.85. The van der Waals surface area contributed by atoms with Gasteiger partial charge in [-0.25, -0.2) is 0 Å². The van der Waals surface area contributed by atoms with E-state index in [1.807, 2.05) is 23.1 Å². The Morgan fingerprint density at radius 3 is 2.72 bits per heavy atom. The van der Waals surface area contributed by atoms with Gasteiger partial charge in [0.25, 0.3) is 0 Å². The zero-order chi connectivity index (χ0) is 25.0. The molecule has 3 aromatic rings. The topological polar surface area (TPSA) is 58.6 Å². The molecule has 2 heterocycles. The Bertz CT molecular complexity index is 1230. The molecule has 0 radical (unpaired) electrons. The summed E-state index contributed by atoms with van der Waals surface area (Å²) in [6.07, 6.45) is 5.26. The highest BCUT2D eigenvalue weighted by molar-refractivity contribution is 5.86. The maximum absolute atomic E-state index is 13.3. The number of ether oxygens (including phenoxy) is 1. The van der Waals surface area contributed by atoms with E-state index < -0.39 is 0 Å². The largest absolute Gasteiger partial charge is 0.493 e. The Labute approximate surface area is 213 Å². The van der Waals surface area contributed by atoms with Gasteiger partial charge in [0.1, 0.15) is 5.75 Å². The second kappa shape index (κ2) is 10.7. The van der Waals surface area contributed by atoms with E-state index in [1.165, 1.54) is 16.3 Å². The van der Waals surface area contributed by atoms with E-state index in [0.717, 1.165) is 50.1 Å².